The lowest BCUT2D eigenvalue weighted by Crippen LogP contribution is -2.11. The van der Waals surface area contributed by atoms with E-state index in [4.69, 9.17) is 13.8 Å². The Kier molecular flexibility index (Phi) is 6.24. The van der Waals surface area contributed by atoms with E-state index in [1.165, 1.54) is 0 Å². The Morgan fingerprint density at radius 1 is 0.913 bits per heavy atom. The average Bonchev–Trinajstić information content (AvgIpc) is 2.55. The van der Waals surface area contributed by atoms with Crippen LogP contribution in [-0.2, 0) is 14.1 Å². The summed E-state index contributed by atoms with van der Waals surface area (Å²) in [4.78, 5) is 11.5. The fourth-order valence-electron chi connectivity index (χ4n) is 1.86. The molecular formula is C17H19O5P. The first kappa shape index (κ1) is 17.1. The second kappa shape index (κ2) is 8.39. The molecule has 2 aromatic carbocycles. The molecule has 2 rings (SSSR count). The van der Waals surface area contributed by atoms with Crippen molar-refractivity contribution in [2.75, 3.05) is 12.8 Å². The highest BCUT2D eigenvalue weighted by Gasteiger charge is 2.29. The molecule has 0 heterocycles. The van der Waals surface area contributed by atoms with Crippen molar-refractivity contribution < 1.29 is 23.1 Å². The maximum Gasteiger partial charge on any atom is 0.431 e. The number of rotatable bonds is 8. The molecule has 0 atom stereocenters. The Bertz CT molecular complexity index is 612. The largest absolute Gasteiger partial charge is 0.466 e. The first-order chi connectivity index (χ1) is 11.1. The number of hydrogen-bond acceptors (Lipinski definition) is 5. The van der Waals surface area contributed by atoms with E-state index in [1.54, 1.807) is 55.5 Å². The maximum absolute atomic E-state index is 13.0. The zero-order valence-electron chi connectivity index (χ0n) is 12.9. The van der Waals surface area contributed by atoms with Crippen molar-refractivity contribution >= 4 is 13.6 Å². The van der Waals surface area contributed by atoms with Crippen molar-refractivity contribution in [3.63, 3.8) is 0 Å². The fraction of sp³-hybridized carbons (Fsp3) is 0.235. The van der Waals surface area contributed by atoms with Gasteiger partial charge in [-0.1, -0.05) is 36.4 Å². The molecule has 0 aromatic heterocycles. The third-order valence-corrected chi connectivity index (χ3v) is 4.62. The van der Waals surface area contributed by atoms with Crippen molar-refractivity contribution in [1.82, 2.24) is 0 Å². The summed E-state index contributed by atoms with van der Waals surface area (Å²) in [5, 5.41) is 0. The van der Waals surface area contributed by atoms with E-state index in [-0.39, 0.29) is 19.2 Å². The third-order valence-electron chi connectivity index (χ3n) is 2.87. The molecule has 0 fully saturated rings. The average molecular weight is 334 g/mol. The molecule has 0 saturated heterocycles. The van der Waals surface area contributed by atoms with Gasteiger partial charge in [-0.05, 0) is 31.2 Å². The van der Waals surface area contributed by atoms with Gasteiger partial charge in [-0.15, -0.1) is 0 Å². The van der Waals surface area contributed by atoms with E-state index in [9.17, 15) is 9.36 Å². The van der Waals surface area contributed by atoms with Crippen LogP contribution in [0.1, 0.15) is 13.3 Å². The molecular weight excluding hydrogens is 315 g/mol. The van der Waals surface area contributed by atoms with Crippen molar-refractivity contribution in [3.05, 3.63) is 60.7 Å². The molecule has 0 radical (unpaired) electrons. The number of carbonyl (C=O) groups is 1. The Morgan fingerprint density at radius 2 is 1.39 bits per heavy atom. The summed E-state index contributed by atoms with van der Waals surface area (Å²) in [6, 6.07) is 17.5. The number of carbonyl (C=O) groups excluding carboxylic acids is 1. The monoisotopic (exact) mass is 334 g/mol. The predicted octanol–water partition coefficient (Wildman–Crippen LogP) is 4.29. The Labute approximate surface area is 135 Å². The van der Waals surface area contributed by atoms with Gasteiger partial charge in [-0.25, -0.2) is 4.57 Å². The summed E-state index contributed by atoms with van der Waals surface area (Å²) in [5.41, 5.74) is 0. The summed E-state index contributed by atoms with van der Waals surface area (Å²) in [6.45, 7) is 2.00. The van der Waals surface area contributed by atoms with E-state index in [0.717, 1.165) is 0 Å². The van der Waals surface area contributed by atoms with Crippen molar-refractivity contribution in [2.45, 2.75) is 13.3 Å². The van der Waals surface area contributed by atoms with E-state index in [2.05, 4.69) is 0 Å². The standard InChI is InChI=1S/C17H19O5P/c1-2-20-17(18)13-14-23(19,21-15-9-5-3-6-10-15)22-16-11-7-4-8-12-16/h3-12H,2,13-14H2,1H3. The van der Waals surface area contributed by atoms with Crippen LogP contribution >= 0.6 is 7.60 Å². The van der Waals surface area contributed by atoms with Crippen LogP contribution in [0, 0.1) is 0 Å². The lowest BCUT2D eigenvalue weighted by Gasteiger charge is -2.19. The highest BCUT2D eigenvalue weighted by atomic mass is 31.2. The summed E-state index contributed by atoms with van der Waals surface area (Å²) in [5.74, 6) is 0.423. The second-order valence-corrected chi connectivity index (χ2v) is 6.73. The van der Waals surface area contributed by atoms with Crippen molar-refractivity contribution in [1.29, 1.82) is 0 Å². The molecule has 0 amide bonds. The summed E-state index contributed by atoms with van der Waals surface area (Å²) < 4.78 is 29.0. The minimum Gasteiger partial charge on any atom is -0.466 e. The topological polar surface area (TPSA) is 61.8 Å². The zero-order valence-corrected chi connectivity index (χ0v) is 13.8. The molecule has 0 N–H and O–H groups in total. The van der Waals surface area contributed by atoms with Crippen molar-refractivity contribution in [2.24, 2.45) is 0 Å². The molecule has 23 heavy (non-hydrogen) atoms. The van der Waals surface area contributed by atoms with E-state index in [0.29, 0.717) is 11.5 Å². The van der Waals surface area contributed by atoms with Crippen LogP contribution in [0.15, 0.2) is 60.7 Å². The van der Waals surface area contributed by atoms with Gasteiger partial charge in [-0.3, -0.25) is 4.79 Å². The van der Waals surface area contributed by atoms with Crippen LogP contribution in [0.4, 0.5) is 0 Å². The number of ether oxygens (including phenoxy) is 1. The normalized spacial score (nSPS) is 10.8. The predicted molar refractivity (Wildman–Crippen MR) is 87.9 cm³/mol. The molecule has 122 valence electrons. The van der Waals surface area contributed by atoms with Crippen LogP contribution in [0.25, 0.3) is 0 Å². The van der Waals surface area contributed by atoms with E-state index < -0.39 is 13.6 Å². The molecule has 6 heteroatoms. The van der Waals surface area contributed by atoms with Gasteiger partial charge in [0.25, 0.3) is 0 Å². The van der Waals surface area contributed by atoms with Crippen LogP contribution in [-0.4, -0.2) is 18.7 Å². The molecule has 0 saturated carbocycles. The van der Waals surface area contributed by atoms with Gasteiger partial charge < -0.3 is 13.8 Å². The first-order valence-electron chi connectivity index (χ1n) is 7.35. The van der Waals surface area contributed by atoms with Gasteiger partial charge in [0, 0.05) is 0 Å². The molecule has 0 bridgehead atoms. The molecule has 0 spiro atoms. The number of benzene rings is 2. The second-order valence-electron chi connectivity index (χ2n) is 4.70. The number of para-hydroxylation sites is 2. The quantitative estimate of drug-likeness (QED) is 0.532. The van der Waals surface area contributed by atoms with Gasteiger partial charge in [0.2, 0.25) is 0 Å². The Hall–Kier alpha value is -2.26. The molecule has 0 aliphatic rings. The maximum atomic E-state index is 13.0. The lowest BCUT2D eigenvalue weighted by atomic mass is 10.3. The molecule has 0 aliphatic heterocycles. The lowest BCUT2D eigenvalue weighted by molar-refractivity contribution is -0.142. The highest BCUT2D eigenvalue weighted by Crippen LogP contribution is 2.48. The minimum absolute atomic E-state index is 0.0369. The van der Waals surface area contributed by atoms with Gasteiger partial charge in [-0.2, -0.15) is 0 Å². The van der Waals surface area contributed by atoms with Crippen LogP contribution in [0.3, 0.4) is 0 Å². The van der Waals surface area contributed by atoms with Crippen LogP contribution in [0.2, 0.25) is 0 Å². The van der Waals surface area contributed by atoms with Crippen LogP contribution < -0.4 is 9.05 Å². The SMILES string of the molecule is CCOC(=O)CCP(=O)(Oc1ccccc1)Oc1ccccc1. The Morgan fingerprint density at radius 3 is 1.83 bits per heavy atom. The van der Waals surface area contributed by atoms with E-state index in [1.807, 2.05) is 12.1 Å². The highest BCUT2D eigenvalue weighted by molar-refractivity contribution is 7.54. The summed E-state index contributed by atoms with van der Waals surface area (Å²) in [7, 11) is -3.54. The third kappa shape index (κ3) is 5.80. The first-order valence-corrected chi connectivity index (χ1v) is 9.08. The van der Waals surface area contributed by atoms with Crippen LogP contribution in [0.5, 0.6) is 11.5 Å². The molecule has 5 nitrogen and oxygen atoms in total. The smallest absolute Gasteiger partial charge is 0.431 e. The van der Waals surface area contributed by atoms with E-state index >= 15 is 0 Å². The molecule has 0 unspecified atom stereocenters. The summed E-state index contributed by atoms with van der Waals surface area (Å²) in [6.07, 6.45) is -0.0968. The fourth-order valence-corrected chi connectivity index (χ4v) is 3.42. The summed E-state index contributed by atoms with van der Waals surface area (Å²) >= 11 is 0. The van der Waals surface area contributed by atoms with Gasteiger partial charge in [0.05, 0.1) is 19.2 Å². The van der Waals surface area contributed by atoms with Gasteiger partial charge >= 0.3 is 13.6 Å². The number of hydrogen-bond donors (Lipinski definition) is 0. The minimum atomic E-state index is -3.54. The van der Waals surface area contributed by atoms with Crippen molar-refractivity contribution in [3.8, 4) is 11.5 Å². The number of esters is 1. The van der Waals surface area contributed by atoms with Gasteiger partial charge in [0.1, 0.15) is 11.5 Å². The molecule has 0 aliphatic carbocycles. The Balaban J connectivity index is 2.12. The van der Waals surface area contributed by atoms with Gasteiger partial charge in [0.15, 0.2) is 0 Å². The zero-order chi connectivity index (χ0) is 16.5. The molecule has 2 aromatic rings.